The van der Waals surface area contributed by atoms with Crippen LogP contribution in [-0.2, 0) is 24.0 Å². The highest BCUT2D eigenvalue weighted by molar-refractivity contribution is 5.91. The molecule has 0 N–H and O–H groups in total. The minimum Gasteiger partial charge on any atom is -0.369 e. The third-order valence-corrected chi connectivity index (χ3v) is 3.84. The van der Waals surface area contributed by atoms with Crippen LogP contribution >= 0.6 is 0 Å². The van der Waals surface area contributed by atoms with E-state index in [0.29, 0.717) is 18.4 Å². The Hall–Kier alpha value is -2.30. The molecular formula is C20H21F3O2. The molecule has 0 aliphatic heterocycles. The summed E-state index contributed by atoms with van der Waals surface area (Å²) >= 11 is 0. The number of alkyl halides is 3. The van der Waals surface area contributed by atoms with Gasteiger partial charge in [-0.2, -0.15) is 0 Å². The van der Waals surface area contributed by atoms with Crippen LogP contribution in [-0.4, -0.2) is 12.3 Å². The SMILES string of the molecule is CC(C)Cc1c(CCc2ccccc2)cccc1C(=O)OC(F)(F)F. The summed E-state index contributed by atoms with van der Waals surface area (Å²) in [6.07, 6.45) is -3.05. The molecular weight excluding hydrogens is 329 g/mol. The lowest BCUT2D eigenvalue weighted by atomic mass is 9.90. The Balaban J connectivity index is 2.29. The summed E-state index contributed by atoms with van der Waals surface area (Å²) < 4.78 is 40.9. The molecule has 0 saturated carbocycles. The number of hydrogen-bond acceptors (Lipinski definition) is 2. The van der Waals surface area contributed by atoms with Gasteiger partial charge in [-0.15, -0.1) is 13.2 Å². The molecule has 2 rings (SSSR count). The van der Waals surface area contributed by atoms with Gasteiger partial charge in [0, 0.05) is 0 Å². The largest absolute Gasteiger partial charge is 0.575 e. The number of carbonyl (C=O) groups is 1. The van der Waals surface area contributed by atoms with Crippen molar-refractivity contribution in [3.8, 4) is 0 Å². The molecule has 134 valence electrons. The number of carbonyl (C=O) groups excluding carboxylic acids is 1. The molecule has 5 heteroatoms. The number of ether oxygens (including phenoxy) is 1. The van der Waals surface area contributed by atoms with Gasteiger partial charge < -0.3 is 4.74 Å². The first kappa shape index (κ1) is 19.0. The van der Waals surface area contributed by atoms with Crippen LogP contribution in [0.2, 0.25) is 0 Å². The van der Waals surface area contributed by atoms with Crippen molar-refractivity contribution >= 4 is 5.97 Å². The van der Waals surface area contributed by atoms with Crippen molar-refractivity contribution in [3.63, 3.8) is 0 Å². The summed E-state index contributed by atoms with van der Waals surface area (Å²) in [6, 6.07) is 14.7. The third kappa shape index (κ3) is 5.93. The van der Waals surface area contributed by atoms with E-state index in [1.807, 2.05) is 50.2 Å². The zero-order valence-electron chi connectivity index (χ0n) is 14.3. The summed E-state index contributed by atoms with van der Waals surface area (Å²) in [4.78, 5) is 11.9. The van der Waals surface area contributed by atoms with Gasteiger partial charge in [-0.05, 0) is 47.9 Å². The number of esters is 1. The molecule has 2 aromatic carbocycles. The van der Waals surface area contributed by atoms with Gasteiger partial charge in [0.15, 0.2) is 0 Å². The molecule has 25 heavy (non-hydrogen) atoms. The highest BCUT2D eigenvalue weighted by atomic mass is 19.4. The van der Waals surface area contributed by atoms with Crippen molar-refractivity contribution in [1.82, 2.24) is 0 Å². The molecule has 0 aliphatic carbocycles. The maximum Gasteiger partial charge on any atom is 0.575 e. The second-order valence-electron chi connectivity index (χ2n) is 6.36. The van der Waals surface area contributed by atoms with Crippen molar-refractivity contribution < 1.29 is 22.7 Å². The first-order chi connectivity index (χ1) is 11.8. The molecule has 2 nitrogen and oxygen atoms in total. The lowest BCUT2D eigenvalue weighted by Crippen LogP contribution is -2.21. The van der Waals surface area contributed by atoms with E-state index in [0.717, 1.165) is 17.5 Å². The number of hydrogen-bond donors (Lipinski definition) is 0. The van der Waals surface area contributed by atoms with Crippen LogP contribution in [0.4, 0.5) is 13.2 Å². The van der Waals surface area contributed by atoms with Gasteiger partial charge in [-0.1, -0.05) is 56.3 Å². The Bertz CT molecular complexity index is 707. The molecule has 0 heterocycles. The lowest BCUT2D eigenvalue weighted by Gasteiger charge is -2.17. The van der Waals surface area contributed by atoms with Gasteiger partial charge in [0.05, 0.1) is 5.56 Å². The average Bonchev–Trinajstić information content (AvgIpc) is 2.52. The molecule has 0 bridgehead atoms. The molecule has 0 saturated heterocycles. The van der Waals surface area contributed by atoms with E-state index in [1.54, 1.807) is 6.07 Å². The molecule has 2 aromatic rings. The quantitative estimate of drug-likeness (QED) is 0.657. The van der Waals surface area contributed by atoms with Crippen LogP contribution in [0.25, 0.3) is 0 Å². The number of benzene rings is 2. The standard InChI is InChI=1S/C20H21F3O2/c1-14(2)13-18-16(12-11-15-7-4-3-5-8-15)9-6-10-17(18)19(24)25-20(21,22)23/h3-10,14H,11-13H2,1-2H3. The van der Waals surface area contributed by atoms with Gasteiger partial charge in [0.2, 0.25) is 0 Å². The highest BCUT2D eigenvalue weighted by Gasteiger charge is 2.35. The van der Waals surface area contributed by atoms with Crippen molar-refractivity contribution in [2.45, 2.75) is 39.5 Å². The monoisotopic (exact) mass is 350 g/mol. The lowest BCUT2D eigenvalue weighted by molar-refractivity contribution is -0.291. The fourth-order valence-corrected chi connectivity index (χ4v) is 2.79. The van der Waals surface area contributed by atoms with E-state index in [4.69, 9.17) is 0 Å². The van der Waals surface area contributed by atoms with E-state index in [-0.39, 0.29) is 11.5 Å². The Morgan fingerprint density at radius 1 is 1.00 bits per heavy atom. The molecule has 0 atom stereocenters. The summed E-state index contributed by atoms with van der Waals surface area (Å²) in [5.74, 6) is -1.14. The van der Waals surface area contributed by atoms with E-state index >= 15 is 0 Å². The smallest absolute Gasteiger partial charge is 0.369 e. The van der Waals surface area contributed by atoms with Crippen LogP contribution in [0.15, 0.2) is 48.5 Å². The predicted octanol–water partition coefficient (Wildman–Crippen LogP) is 5.35. The van der Waals surface area contributed by atoms with Crippen molar-refractivity contribution in [3.05, 3.63) is 70.8 Å². The topological polar surface area (TPSA) is 26.3 Å². The highest BCUT2D eigenvalue weighted by Crippen LogP contribution is 2.25. The molecule has 0 aliphatic rings. The van der Waals surface area contributed by atoms with Crippen LogP contribution in [0.3, 0.4) is 0 Å². The first-order valence-corrected chi connectivity index (χ1v) is 8.21. The summed E-state index contributed by atoms with van der Waals surface area (Å²) in [7, 11) is 0. The first-order valence-electron chi connectivity index (χ1n) is 8.21. The maximum absolute atomic E-state index is 12.4. The molecule has 0 fully saturated rings. The predicted molar refractivity (Wildman–Crippen MR) is 90.3 cm³/mol. The summed E-state index contributed by atoms with van der Waals surface area (Å²) in [5, 5.41) is 0. The average molecular weight is 350 g/mol. The van der Waals surface area contributed by atoms with Gasteiger partial charge in [-0.3, -0.25) is 0 Å². The Kier molecular flexibility index (Phi) is 6.23. The van der Waals surface area contributed by atoms with E-state index < -0.39 is 12.3 Å². The molecule has 0 unspecified atom stereocenters. The Morgan fingerprint density at radius 3 is 2.28 bits per heavy atom. The number of halogens is 3. The van der Waals surface area contributed by atoms with Crippen molar-refractivity contribution in [2.24, 2.45) is 5.92 Å². The molecule has 0 aromatic heterocycles. The Morgan fingerprint density at radius 2 is 1.68 bits per heavy atom. The van der Waals surface area contributed by atoms with Crippen molar-refractivity contribution in [2.75, 3.05) is 0 Å². The normalized spacial score (nSPS) is 11.6. The van der Waals surface area contributed by atoms with Gasteiger partial charge in [0.25, 0.3) is 0 Å². The van der Waals surface area contributed by atoms with Crippen LogP contribution in [0.1, 0.15) is 40.9 Å². The maximum atomic E-state index is 12.4. The molecule has 0 amide bonds. The summed E-state index contributed by atoms with van der Waals surface area (Å²) in [6.45, 7) is 3.93. The zero-order valence-corrected chi connectivity index (χ0v) is 14.3. The van der Waals surface area contributed by atoms with Crippen molar-refractivity contribution in [1.29, 1.82) is 0 Å². The fourth-order valence-electron chi connectivity index (χ4n) is 2.79. The molecule has 0 radical (unpaired) electrons. The Labute approximate surface area is 145 Å². The van der Waals surface area contributed by atoms with E-state index in [9.17, 15) is 18.0 Å². The van der Waals surface area contributed by atoms with Gasteiger partial charge >= 0.3 is 12.3 Å². The molecule has 0 spiro atoms. The van der Waals surface area contributed by atoms with Crippen LogP contribution in [0, 0.1) is 5.92 Å². The van der Waals surface area contributed by atoms with E-state index in [1.165, 1.54) is 6.07 Å². The van der Waals surface area contributed by atoms with Crippen LogP contribution in [0.5, 0.6) is 0 Å². The number of rotatable bonds is 6. The fraction of sp³-hybridized carbons (Fsp3) is 0.350. The zero-order chi connectivity index (χ0) is 18.4. The summed E-state index contributed by atoms with van der Waals surface area (Å²) in [5.41, 5.74) is 2.66. The third-order valence-electron chi connectivity index (χ3n) is 3.84. The van der Waals surface area contributed by atoms with Gasteiger partial charge in [-0.25, -0.2) is 4.79 Å². The second kappa shape index (κ2) is 8.19. The number of aryl methyl sites for hydroxylation is 2. The van der Waals surface area contributed by atoms with E-state index in [2.05, 4.69) is 4.74 Å². The minimum absolute atomic E-state index is 0.00316. The van der Waals surface area contributed by atoms with Crippen LogP contribution < -0.4 is 0 Å². The minimum atomic E-state index is -4.98. The second-order valence-corrected chi connectivity index (χ2v) is 6.36. The van der Waals surface area contributed by atoms with Gasteiger partial charge in [0.1, 0.15) is 0 Å².